The lowest BCUT2D eigenvalue weighted by molar-refractivity contribution is -0.298. The first-order chi connectivity index (χ1) is 31.2. The molecule has 1 heterocycles. The van der Waals surface area contributed by atoms with Crippen LogP contribution in [0.4, 0.5) is 0 Å². The molecule has 1 aliphatic heterocycles. The molecule has 6 unspecified atom stereocenters. The van der Waals surface area contributed by atoms with Gasteiger partial charge in [-0.3, -0.25) is 9.59 Å². The van der Waals surface area contributed by atoms with Gasteiger partial charge in [-0.1, -0.05) is 162 Å². The van der Waals surface area contributed by atoms with Gasteiger partial charge in [0.25, 0.3) is 0 Å². The highest BCUT2D eigenvalue weighted by Crippen LogP contribution is 2.23. The number of carbonyl (C=O) groups is 3. The molecule has 11 nitrogen and oxygen atoms in total. The first kappa shape index (κ1) is 58.1. The number of unbranched alkanes of at least 4 members (excludes halogenated alkanes) is 12. The molecule has 64 heavy (non-hydrogen) atoms. The van der Waals surface area contributed by atoms with Gasteiger partial charge < -0.3 is 39.4 Å². The third-order valence-electron chi connectivity index (χ3n) is 10.4. The number of hydrogen-bond donors (Lipinski definition) is 4. The van der Waals surface area contributed by atoms with Crippen molar-refractivity contribution in [3.05, 3.63) is 97.2 Å². The molecule has 1 aliphatic rings. The van der Waals surface area contributed by atoms with E-state index in [0.717, 1.165) is 89.9 Å². The van der Waals surface area contributed by atoms with Crippen molar-refractivity contribution in [2.75, 3.05) is 13.2 Å². The summed E-state index contributed by atoms with van der Waals surface area (Å²) in [5, 5.41) is 39.9. The average Bonchev–Trinajstić information content (AvgIpc) is 3.28. The zero-order chi connectivity index (χ0) is 46.7. The van der Waals surface area contributed by atoms with Gasteiger partial charge in [-0.2, -0.15) is 0 Å². The number of carboxylic acids is 1. The van der Waals surface area contributed by atoms with Gasteiger partial charge in [0.2, 0.25) is 0 Å². The van der Waals surface area contributed by atoms with Gasteiger partial charge in [0.15, 0.2) is 18.5 Å². The standard InChI is InChI=1S/C53H84O11/c1-3-5-7-9-11-13-15-17-19-20-21-22-23-24-25-26-28-29-31-33-35-37-39-41-46(54)61-43-45(44-62-53-50(58)48(56)49(57)51(64-53)52(59)60)63-47(55)42-40-38-36-34-32-30-27-18-16-14-12-10-8-6-4-2/h5-8,11-14,17-19,21-22,27,32,34,45,48-51,53,56-58H,3-4,9-10,15-16,20,23-26,28-31,33,35-44H2,1-2H3,(H,59,60)/b7-5-,8-6-,13-11-,14-12-,19-17-,22-21-,27-18-,34-32-. The van der Waals surface area contributed by atoms with Crippen LogP contribution in [0.25, 0.3) is 0 Å². The Morgan fingerprint density at radius 2 is 0.875 bits per heavy atom. The molecule has 0 spiro atoms. The molecular formula is C53H84O11. The predicted octanol–water partition coefficient (Wildman–Crippen LogP) is 11.2. The summed E-state index contributed by atoms with van der Waals surface area (Å²) in [4.78, 5) is 36.9. The minimum atomic E-state index is -1.87. The highest BCUT2D eigenvalue weighted by atomic mass is 16.7. The van der Waals surface area contributed by atoms with Gasteiger partial charge in [-0.25, -0.2) is 4.79 Å². The molecule has 0 aromatic heterocycles. The molecule has 1 fully saturated rings. The van der Waals surface area contributed by atoms with E-state index < -0.39 is 61.3 Å². The molecule has 0 radical (unpaired) electrons. The monoisotopic (exact) mass is 897 g/mol. The van der Waals surface area contributed by atoms with Crippen molar-refractivity contribution in [1.29, 1.82) is 0 Å². The summed E-state index contributed by atoms with van der Waals surface area (Å²) in [5.41, 5.74) is 0. The zero-order valence-electron chi connectivity index (χ0n) is 39.2. The third-order valence-corrected chi connectivity index (χ3v) is 10.4. The fourth-order valence-electron chi connectivity index (χ4n) is 6.68. The number of hydrogen-bond acceptors (Lipinski definition) is 10. The van der Waals surface area contributed by atoms with Crippen molar-refractivity contribution >= 4 is 17.9 Å². The van der Waals surface area contributed by atoms with Crippen LogP contribution in [0.5, 0.6) is 0 Å². The van der Waals surface area contributed by atoms with Gasteiger partial charge in [-0.05, 0) is 89.9 Å². The second kappa shape index (κ2) is 41.8. The first-order valence-corrected chi connectivity index (χ1v) is 24.3. The highest BCUT2D eigenvalue weighted by Gasteiger charge is 2.47. The number of aliphatic hydroxyl groups is 3. The Morgan fingerprint density at radius 3 is 1.34 bits per heavy atom. The van der Waals surface area contributed by atoms with E-state index in [1.54, 1.807) is 0 Å². The van der Waals surface area contributed by atoms with E-state index in [-0.39, 0.29) is 19.4 Å². The third kappa shape index (κ3) is 32.7. The molecule has 0 saturated carbocycles. The second-order valence-electron chi connectivity index (χ2n) is 16.2. The van der Waals surface area contributed by atoms with E-state index in [0.29, 0.717) is 12.8 Å². The van der Waals surface area contributed by atoms with Crippen molar-refractivity contribution in [2.24, 2.45) is 0 Å². The minimum Gasteiger partial charge on any atom is -0.479 e. The summed E-state index contributed by atoms with van der Waals surface area (Å²) < 4.78 is 21.7. The van der Waals surface area contributed by atoms with Crippen LogP contribution in [-0.4, -0.2) is 88.4 Å². The van der Waals surface area contributed by atoms with Crippen LogP contribution in [0, 0.1) is 0 Å². The van der Waals surface area contributed by atoms with Crippen molar-refractivity contribution in [1.82, 2.24) is 0 Å². The largest absolute Gasteiger partial charge is 0.479 e. The van der Waals surface area contributed by atoms with Gasteiger partial charge in [0.05, 0.1) is 6.61 Å². The first-order valence-electron chi connectivity index (χ1n) is 24.3. The Morgan fingerprint density at radius 1 is 0.484 bits per heavy atom. The van der Waals surface area contributed by atoms with Crippen molar-refractivity contribution < 1.29 is 53.8 Å². The molecule has 0 bridgehead atoms. The van der Waals surface area contributed by atoms with E-state index in [4.69, 9.17) is 18.9 Å². The number of aliphatic hydroxyl groups excluding tert-OH is 3. The Balaban J connectivity index is 2.33. The lowest BCUT2D eigenvalue weighted by atomic mass is 9.99. The van der Waals surface area contributed by atoms with Crippen molar-refractivity contribution in [3.8, 4) is 0 Å². The average molecular weight is 897 g/mol. The topological polar surface area (TPSA) is 169 Å². The van der Waals surface area contributed by atoms with E-state index >= 15 is 0 Å². The Kier molecular flexibility index (Phi) is 38.0. The summed E-state index contributed by atoms with van der Waals surface area (Å²) >= 11 is 0. The van der Waals surface area contributed by atoms with Crippen LogP contribution in [-0.2, 0) is 33.3 Å². The highest BCUT2D eigenvalue weighted by molar-refractivity contribution is 5.73. The van der Waals surface area contributed by atoms with Gasteiger partial charge in [-0.15, -0.1) is 0 Å². The molecule has 6 atom stereocenters. The number of esters is 2. The van der Waals surface area contributed by atoms with Gasteiger partial charge in [0.1, 0.15) is 24.9 Å². The molecule has 0 amide bonds. The Bertz CT molecular complexity index is 1420. The van der Waals surface area contributed by atoms with Gasteiger partial charge in [0, 0.05) is 12.8 Å². The van der Waals surface area contributed by atoms with Crippen LogP contribution in [0.15, 0.2) is 97.2 Å². The molecular weight excluding hydrogens is 813 g/mol. The van der Waals surface area contributed by atoms with Gasteiger partial charge >= 0.3 is 17.9 Å². The number of aliphatic carboxylic acids is 1. The normalized spacial score (nSPS) is 20.2. The predicted molar refractivity (Wildman–Crippen MR) is 256 cm³/mol. The molecule has 0 aromatic carbocycles. The summed E-state index contributed by atoms with van der Waals surface area (Å²) in [6, 6.07) is 0. The van der Waals surface area contributed by atoms with Crippen LogP contribution in [0.2, 0.25) is 0 Å². The lowest BCUT2D eigenvalue weighted by Gasteiger charge is -2.38. The Labute approximate surface area is 385 Å². The maximum absolute atomic E-state index is 12.8. The number of carboxylic acid groups (broad SMARTS) is 1. The van der Waals surface area contributed by atoms with Crippen LogP contribution >= 0.6 is 0 Å². The SMILES string of the molecule is CC/C=C\C/C=C\C/C=C\C/C=C\CCCCCCCCCCCCC(=O)OCC(COC1OC(C(=O)O)C(O)C(O)C1O)OC(=O)CCCC/C=C\C/C=C\C/C=C\C/C=C\CC. The molecule has 4 N–H and O–H groups in total. The number of ether oxygens (including phenoxy) is 4. The quantitative estimate of drug-likeness (QED) is 0.0263. The maximum Gasteiger partial charge on any atom is 0.335 e. The second-order valence-corrected chi connectivity index (χ2v) is 16.2. The van der Waals surface area contributed by atoms with Crippen molar-refractivity contribution in [2.45, 2.75) is 205 Å². The van der Waals surface area contributed by atoms with Crippen molar-refractivity contribution in [3.63, 3.8) is 0 Å². The van der Waals surface area contributed by atoms with Crippen LogP contribution < -0.4 is 0 Å². The summed E-state index contributed by atoms with van der Waals surface area (Å²) in [6.45, 7) is 3.54. The number of rotatable bonds is 39. The smallest absolute Gasteiger partial charge is 0.335 e. The van der Waals surface area contributed by atoms with E-state index in [1.807, 2.05) is 0 Å². The Hall–Kier alpha value is -3.87. The lowest BCUT2D eigenvalue weighted by Crippen LogP contribution is -2.60. The summed E-state index contributed by atoms with van der Waals surface area (Å²) in [5.74, 6) is -2.52. The number of carbonyl (C=O) groups excluding carboxylic acids is 2. The van der Waals surface area contributed by atoms with E-state index in [2.05, 4.69) is 111 Å². The zero-order valence-corrected chi connectivity index (χ0v) is 39.2. The fraction of sp³-hybridized carbons (Fsp3) is 0.642. The molecule has 362 valence electrons. The minimum absolute atomic E-state index is 0.124. The maximum atomic E-state index is 12.8. The molecule has 11 heteroatoms. The number of allylic oxidation sites excluding steroid dienone is 16. The molecule has 0 aromatic rings. The summed E-state index contributed by atoms with van der Waals surface area (Å²) in [6.07, 6.45) is 47.5. The van der Waals surface area contributed by atoms with Crippen LogP contribution in [0.1, 0.15) is 168 Å². The molecule has 1 saturated heterocycles. The molecule has 0 aliphatic carbocycles. The molecule has 1 rings (SSSR count). The summed E-state index contributed by atoms with van der Waals surface area (Å²) in [7, 11) is 0. The van der Waals surface area contributed by atoms with E-state index in [9.17, 15) is 34.8 Å². The van der Waals surface area contributed by atoms with Crippen LogP contribution in [0.3, 0.4) is 0 Å². The van der Waals surface area contributed by atoms with E-state index in [1.165, 1.54) is 38.5 Å². The fourth-order valence-corrected chi connectivity index (χ4v) is 6.68.